The first-order valence-electron chi connectivity index (χ1n) is 17.1. The Kier molecular flexibility index (Phi) is 16.7. The van der Waals surface area contributed by atoms with Crippen LogP contribution in [0.4, 0.5) is 0 Å². The number of rotatable bonds is 23. The standard InChI is InChI=1S/C35H64N2O2Si3/c1-9-10-18-25-38-34-23-21-32(22-24-34)33-28-36-35(37-29-33)39-26-19-16-14-12-11-13-15-17-20-27-41(5,6)31-42(7,8)30-40(2,3)4/h21-24,28-29H,9-20,25-27,30-31H2,1-8H3. The number of hydrogen-bond acceptors (Lipinski definition) is 4. The molecule has 0 aliphatic rings. The van der Waals surface area contributed by atoms with Gasteiger partial charge in [0.25, 0.3) is 0 Å². The number of nitrogens with zero attached hydrogens (tertiary/aromatic N) is 2. The highest BCUT2D eigenvalue weighted by atomic mass is 28.4. The molecule has 2 aromatic rings. The summed E-state index contributed by atoms with van der Waals surface area (Å²) in [6, 6.07) is 10.2. The van der Waals surface area contributed by atoms with Crippen LogP contribution in [0.2, 0.25) is 63.2 Å². The SMILES string of the molecule is CCCCCOc1ccc(-c2cnc(OCCCCCCCCCCC[Si](C)(C)C[Si](C)(C)C[Si](C)(C)C)nc2)cc1. The summed E-state index contributed by atoms with van der Waals surface area (Å²) in [5.41, 5.74) is 5.32. The Hall–Kier alpha value is -1.45. The molecule has 0 amide bonds. The molecule has 0 atom stereocenters. The van der Waals surface area contributed by atoms with Crippen molar-refractivity contribution >= 4 is 24.2 Å². The predicted octanol–water partition coefficient (Wildman–Crippen LogP) is 11.4. The van der Waals surface area contributed by atoms with Crippen LogP contribution < -0.4 is 9.47 Å². The average molecular weight is 629 g/mol. The smallest absolute Gasteiger partial charge is 0.316 e. The molecule has 1 heterocycles. The minimum absolute atomic E-state index is 0.475. The zero-order chi connectivity index (χ0) is 30.9. The van der Waals surface area contributed by atoms with E-state index >= 15 is 0 Å². The summed E-state index contributed by atoms with van der Waals surface area (Å²) >= 11 is 0. The maximum absolute atomic E-state index is 5.81. The third kappa shape index (κ3) is 17.0. The van der Waals surface area contributed by atoms with Crippen LogP contribution in [-0.2, 0) is 0 Å². The van der Waals surface area contributed by atoms with Crippen LogP contribution in [0.1, 0.15) is 84.0 Å². The van der Waals surface area contributed by atoms with Crippen molar-refractivity contribution in [3.8, 4) is 22.9 Å². The first-order valence-corrected chi connectivity index (χ1v) is 27.6. The van der Waals surface area contributed by atoms with E-state index in [1.54, 1.807) is 17.4 Å². The van der Waals surface area contributed by atoms with Crippen molar-refractivity contribution in [2.24, 2.45) is 0 Å². The lowest BCUT2D eigenvalue weighted by Crippen LogP contribution is -2.44. The van der Waals surface area contributed by atoms with Gasteiger partial charge in [0.15, 0.2) is 0 Å². The Morgan fingerprint density at radius 3 is 1.64 bits per heavy atom. The summed E-state index contributed by atoms with van der Waals surface area (Å²) in [5, 5.41) is 0. The van der Waals surface area contributed by atoms with E-state index in [1.165, 1.54) is 64.2 Å². The number of ether oxygens (including phenoxy) is 2. The second kappa shape index (κ2) is 19.0. The lowest BCUT2D eigenvalue weighted by Gasteiger charge is -2.36. The second-order valence-corrected chi connectivity index (χ2v) is 32.5. The van der Waals surface area contributed by atoms with E-state index in [0.717, 1.165) is 36.3 Å². The van der Waals surface area contributed by atoms with Gasteiger partial charge in [0, 0.05) is 42.2 Å². The van der Waals surface area contributed by atoms with Gasteiger partial charge in [0.2, 0.25) is 0 Å². The summed E-state index contributed by atoms with van der Waals surface area (Å²) in [4.78, 5) is 8.84. The molecule has 0 unspecified atom stereocenters. The van der Waals surface area contributed by atoms with Gasteiger partial charge in [-0.25, -0.2) is 9.97 Å². The normalized spacial score (nSPS) is 12.5. The summed E-state index contributed by atoms with van der Waals surface area (Å²) in [6.07, 6.45) is 19.3. The van der Waals surface area contributed by atoms with E-state index < -0.39 is 24.2 Å². The Labute approximate surface area is 262 Å². The largest absolute Gasteiger partial charge is 0.494 e. The highest BCUT2D eigenvalue weighted by Gasteiger charge is 2.34. The minimum Gasteiger partial charge on any atom is -0.494 e. The molecule has 0 aliphatic heterocycles. The van der Waals surface area contributed by atoms with Crippen LogP contribution in [0.5, 0.6) is 11.8 Å². The highest BCUT2D eigenvalue weighted by Crippen LogP contribution is 2.31. The summed E-state index contributed by atoms with van der Waals surface area (Å²) in [6.45, 7) is 22.0. The first kappa shape index (κ1) is 36.7. The Morgan fingerprint density at radius 1 is 0.548 bits per heavy atom. The molecule has 0 bridgehead atoms. The molecule has 1 aromatic carbocycles. The van der Waals surface area contributed by atoms with Gasteiger partial charge in [-0.3, -0.25) is 0 Å². The van der Waals surface area contributed by atoms with Gasteiger partial charge in [-0.15, -0.1) is 0 Å². The van der Waals surface area contributed by atoms with Gasteiger partial charge in [-0.2, -0.15) is 0 Å². The molecule has 4 nitrogen and oxygen atoms in total. The summed E-state index contributed by atoms with van der Waals surface area (Å²) < 4.78 is 11.6. The van der Waals surface area contributed by atoms with Gasteiger partial charge in [-0.05, 0) is 30.5 Å². The fourth-order valence-electron chi connectivity index (χ4n) is 6.81. The molecule has 0 N–H and O–H groups in total. The van der Waals surface area contributed by atoms with Crippen molar-refractivity contribution in [3.63, 3.8) is 0 Å². The molecule has 2 rings (SSSR count). The fraction of sp³-hybridized carbons (Fsp3) is 0.714. The van der Waals surface area contributed by atoms with Crippen molar-refractivity contribution in [1.29, 1.82) is 0 Å². The van der Waals surface area contributed by atoms with Gasteiger partial charge in [-0.1, -0.05) is 146 Å². The number of hydrogen-bond donors (Lipinski definition) is 0. The Morgan fingerprint density at radius 2 is 1.07 bits per heavy atom. The highest BCUT2D eigenvalue weighted by molar-refractivity contribution is 7.02. The molecule has 0 fully saturated rings. The van der Waals surface area contributed by atoms with E-state index in [4.69, 9.17) is 9.47 Å². The molecular weight excluding hydrogens is 565 g/mol. The topological polar surface area (TPSA) is 44.2 Å². The molecule has 238 valence electrons. The Balaban J connectivity index is 1.49. The molecule has 0 spiro atoms. The van der Waals surface area contributed by atoms with Crippen molar-refractivity contribution in [3.05, 3.63) is 36.7 Å². The van der Waals surface area contributed by atoms with Crippen molar-refractivity contribution < 1.29 is 9.47 Å². The number of unbranched alkanes of at least 4 members (excludes halogenated alkanes) is 10. The minimum atomic E-state index is -1.02. The molecule has 7 heteroatoms. The van der Waals surface area contributed by atoms with E-state index in [0.29, 0.717) is 12.6 Å². The molecular formula is C35H64N2O2Si3. The van der Waals surface area contributed by atoms with Crippen LogP contribution in [0.15, 0.2) is 36.7 Å². The monoisotopic (exact) mass is 628 g/mol. The van der Waals surface area contributed by atoms with Gasteiger partial charge >= 0.3 is 6.01 Å². The first-order chi connectivity index (χ1) is 19.9. The zero-order valence-corrected chi connectivity index (χ0v) is 31.7. The van der Waals surface area contributed by atoms with Crippen molar-refractivity contribution in [2.45, 2.75) is 147 Å². The van der Waals surface area contributed by atoms with Crippen molar-refractivity contribution in [1.82, 2.24) is 9.97 Å². The van der Waals surface area contributed by atoms with Gasteiger partial charge < -0.3 is 9.47 Å². The quantitative estimate of drug-likeness (QED) is 0.0907. The Bertz CT molecular complexity index is 973. The van der Waals surface area contributed by atoms with E-state index in [2.05, 4.69) is 74.9 Å². The fourth-order valence-corrected chi connectivity index (χ4v) is 32.2. The van der Waals surface area contributed by atoms with E-state index in [9.17, 15) is 0 Å². The van der Waals surface area contributed by atoms with E-state index in [-0.39, 0.29) is 0 Å². The number of aromatic nitrogens is 2. The third-order valence-electron chi connectivity index (χ3n) is 8.03. The summed E-state index contributed by atoms with van der Waals surface area (Å²) in [7, 11) is -2.96. The lowest BCUT2D eigenvalue weighted by molar-refractivity contribution is 0.281. The summed E-state index contributed by atoms with van der Waals surface area (Å²) in [5.74, 6) is 0.917. The van der Waals surface area contributed by atoms with Crippen LogP contribution >= 0.6 is 0 Å². The van der Waals surface area contributed by atoms with E-state index in [1.807, 2.05) is 24.5 Å². The maximum atomic E-state index is 5.81. The molecule has 42 heavy (non-hydrogen) atoms. The molecule has 0 radical (unpaired) electrons. The predicted molar refractivity (Wildman–Crippen MR) is 192 cm³/mol. The van der Waals surface area contributed by atoms with Crippen LogP contribution in [-0.4, -0.2) is 47.4 Å². The van der Waals surface area contributed by atoms with Crippen LogP contribution in [0, 0.1) is 0 Å². The van der Waals surface area contributed by atoms with Crippen LogP contribution in [0.3, 0.4) is 0 Å². The average Bonchev–Trinajstić information content (AvgIpc) is 2.90. The lowest BCUT2D eigenvalue weighted by atomic mass is 10.1. The molecule has 0 saturated carbocycles. The molecule has 1 aromatic heterocycles. The van der Waals surface area contributed by atoms with Gasteiger partial charge in [0.05, 0.1) is 13.2 Å². The van der Waals surface area contributed by atoms with Gasteiger partial charge in [0.1, 0.15) is 5.75 Å². The van der Waals surface area contributed by atoms with Crippen LogP contribution in [0.25, 0.3) is 11.1 Å². The third-order valence-corrected chi connectivity index (χ3v) is 25.5. The molecule has 0 saturated heterocycles. The number of benzene rings is 1. The second-order valence-electron chi connectivity index (χ2n) is 15.4. The van der Waals surface area contributed by atoms with Crippen molar-refractivity contribution in [2.75, 3.05) is 13.2 Å². The molecule has 0 aliphatic carbocycles. The zero-order valence-electron chi connectivity index (χ0n) is 28.7. The maximum Gasteiger partial charge on any atom is 0.316 e.